The smallest absolute Gasteiger partial charge is 0.303 e. The molecular formula is C12H16N2O4. The number of hydrogen-bond acceptors (Lipinski definition) is 4. The number of likely N-dealkylation sites (N-methyl/N-ethyl adjacent to an activating group) is 1. The highest BCUT2D eigenvalue weighted by Crippen LogP contribution is 2.19. The van der Waals surface area contributed by atoms with Crippen molar-refractivity contribution < 1.29 is 19.8 Å². The minimum Gasteiger partial charge on any atom is -0.508 e. The summed E-state index contributed by atoms with van der Waals surface area (Å²) in [5, 5.41) is 17.8. The molecular weight excluding hydrogens is 236 g/mol. The molecule has 0 saturated heterocycles. The lowest BCUT2D eigenvalue weighted by Crippen LogP contribution is -2.42. The van der Waals surface area contributed by atoms with E-state index in [1.807, 2.05) is 0 Å². The fourth-order valence-electron chi connectivity index (χ4n) is 1.48. The van der Waals surface area contributed by atoms with E-state index in [1.165, 1.54) is 24.1 Å². The Labute approximate surface area is 105 Å². The summed E-state index contributed by atoms with van der Waals surface area (Å²) < 4.78 is 0. The Balaban J connectivity index is 2.68. The van der Waals surface area contributed by atoms with Gasteiger partial charge in [0.05, 0.1) is 6.04 Å². The highest BCUT2D eigenvalue weighted by Gasteiger charge is 2.20. The van der Waals surface area contributed by atoms with Crippen molar-refractivity contribution in [2.75, 3.05) is 11.9 Å². The number of nitrogens with two attached hydrogens (primary N) is 1. The van der Waals surface area contributed by atoms with Crippen LogP contribution in [0.1, 0.15) is 12.8 Å². The first-order valence-electron chi connectivity index (χ1n) is 5.46. The molecule has 0 saturated carbocycles. The zero-order valence-corrected chi connectivity index (χ0v) is 10.0. The number of aliphatic carboxylic acids is 1. The molecule has 0 heterocycles. The Bertz CT molecular complexity index is 447. The number of carbonyl (C=O) groups is 2. The molecule has 6 heteroatoms. The highest BCUT2D eigenvalue weighted by atomic mass is 16.4. The average Bonchev–Trinajstić information content (AvgIpc) is 2.34. The summed E-state index contributed by atoms with van der Waals surface area (Å²) >= 11 is 0. The van der Waals surface area contributed by atoms with Crippen molar-refractivity contribution >= 4 is 17.6 Å². The van der Waals surface area contributed by atoms with Crippen LogP contribution in [0.15, 0.2) is 24.3 Å². The van der Waals surface area contributed by atoms with E-state index in [9.17, 15) is 14.7 Å². The first-order chi connectivity index (χ1) is 8.41. The second kappa shape index (κ2) is 6.02. The molecule has 98 valence electrons. The van der Waals surface area contributed by atoms with Gasteiger partial charge in [0.25, 0.3) is 0 Å². The molecule has 0 spiro atoms. The fraction of sp³-hybridized carbons (Fsp3) is 0.333. The topological polar surface area (TPSA) is 104 Å². The predicted molar refractivity (Wildman–Crippen MR) is 66.4 cm³/mol. The molecule has 0 radical (unpaired) electrons. The molecule has 0 bridgehead atoms. The van der Waals surface area contributed by atoms with Gasteiger partial charge in [0.15, 0.2) is 0 Å². The van der Waals surface area contributed by atoms with Crippen LogP contribution in [0.4, 0.5) is 5.69 Å². The Morgan fingerprint density at radius 1 is 1.44 bits per heavy atom. The second-order valence-electron chi connectivity index (χ2n) is 3.96. The number of carboxylic acids is 1. The number of hydrogen-bond donors (Lipinski definition) is 3. The molecule has 6 nitrogen and oxygen atoms in total. The molecule has 1 atom stereocenters. The van der Waals surface area contributed by atoms with E-state index in [2.05, 4.69) is 0 Å². The van der Waals surface area contributed by atoms with Gasteiger partial charge in [-0.25, -0.2) is 0 Å². The van der Waals surface area contributed by atoms with Crippen LogP contribution in [0.25, 0.3) is 0 Å². The van der Waals surface area contributed by atoms with Crippen LogP contribution in [0.3, 0.4) is 0 Å². The van der Waals surface area contributed by atoms with E-state index in [-0.39, 0.29) is 24.5 Å². The number of carbonyl (C=O) groups excluding carboxylic acids is 1. The third-order valence-corrected chi connectivity index (χ3v) is 2.53. The summed E-state index contributed by atoms with van der Waals surface area (Å²) in [6.07, 6.45) is -0.0713. The van der Waals surface area contributed by atoms with Gasteiger partial charge in [0.1, 0.15) is 5.75 Å². The molecule has 1 aromatic carbocycles. The minimum absolute atomic E-state index is 0.0475. The summed E-state index contributed by atoms with van der Waals surface area (Å²) in [7, 11) is 1.53. The molecule has 1 unspecified atom stereocenters. The Hall–Kier alpha value is -2.08. The van der Waals surface area contributed by atoms with Gasteiger partial charge < -0.3 is 20.8 Å². The largest absolute Gasteiger partial charge is 0.508 e. The number of benzene rings is 1. The molecule has 0 aliphatic carbocycles. The molecule has 0 aromatic heterocycles. The maximum absolute atomic E-state index is 11.9. The normalized spacial score (nSPS) is 11.9. The predicted octanol–water partition coefficient (Wildman–Crippen LogP) is 0.547. The van der Waals surface area contributed by atoms with Crippen LogP contribution in [0.2, 0.25) is 0 Å². The first kappa shape index (κ1) is 14.0. The number of carboxylic acid groups (broad SMARTS) is 1. The average molecular weight is 252 g/mol. The van der Waals surface area contributed by atoms with Crippen molar-refractivity contribution in [1.29, 1.82) is 0 Å². The summed E-state index contributed by atoms with van der Waals surface area (Å²) in [6, 6.07) is 5.32. The van der Waals surface area contributed by atoms with Crippen molar-refractivity contribution in [3.8, 4) is 5.75 Å². The van der Waals surface area contributed by atoms with Gasteiger partial charge in [-0.2, -0.15) is 0 Å². The number of amides is 1. The number of rotatable bonds is 5. The quantitative estimate of drug-likeness (QED) is 0.709. The van der Waals surface area contributed by atoms with E-state index in [0.717, 1.165) is 0 Å². The zero-order chi connectivity index (χ0) is 13.7. The van der Waals surface area contributed by atoms with Gasteiger partial charge in [0.2, 0.25) is 5.91 Å². The zero-order valence-electron chi connectivity index (χ0n) is 10.0. The van der Waals surface area contributed by atoms with Gasteiger partial charge in [0, 0.05) is 25.2 Å². The third kappa shape index (κ3) is 3.74. The van der Waals surface area contributed by atoms with E-state index in [0.29, 0.717) is 5.69 Å². The Morgan fingerprint density at radius 2 is 2.11 bits per heavy atom. The van der Waals surface area contributed by atoms with E-state index < -0.39 is 12.0 Å². The Kier molecular flexibility index (Phi) is 4.67. The van der Waals surface area contributed by atoms with Crippen LogP contribution in [-0.2, 0) is 9.59 Å². The number of aromatic hydroxyl groups is 1. The van der Waals surface area contributed by atoms with Crippen LogP contribution in [0.5, 0.6) is 5.75 Å². The number of nitrogens with zero attached hydrogens (tertiary/aromatic N) is 1. The SMILES string of the molecule is CN(C(=O)C(N)CCC(=O)O)c1cccc(O)c1. The van der Waals surface area contributed by atoms with Crippen molar-refractivity contribution in [2.45, 2.75) is 18.9 Å². The molecule has 18 heavy (non-hydrogen) atoms. The summed E-state index contributed by atoms with van der Waals surface area (Å²) in [5.41, 5.74) is 6.13. The van der Waals surface area contributed by atoms with Crippen molar-refractivity contribution in [3.63, 3.8) is 0 Å². The summed E-state index contributed by atoms with van der Waals surface area (Å²) in [6.45, 7) is 0. The van der Waals surface area contributed by atoms with Crippen LogP contribution >= 0.6 is 0 Å². The fourth-order valence-corrected chi connectivity index (χ4v) is 1.48. The minimum atomic E-state index is -0.988. The third-order valence-electron chi connectivity index (χ3n) is 2.53. The highest BCUT2D eigenvalue weighted by molar-refractivity contribution is 5.96. The molecule has 0 fully saturated rings. The maximum Gasteiger partial charge on any atom is 0.303 e. The van der Waals surface area contributed by atoms with Gasteiger partial charge in [-0.15, -0.1) is 0 Å². The van der Waals surface area contributed by atoms with Crippen molar-refractivity contribution in [2.24, 2.45) is 5.73 Å². The van der Waals surface area contributed by atoms with E-state index >= 15 is 0 Å². The first-order valence-corrected chi connectivity index (χ1v) is 5.46. The molecule has 1 aromatic rings. The molecule has 0 aliphatic heterocycles. The lowest BCUT2D eigenvalue weighted by atomic mass is 10.1. The Morgan fingerprint density at radius 3 is 2.67 bits per heavy atom. The van der Waals surface area contributed by atoms with Crippen LogP contribution < -0.4 is 10.6 Å². The lowest BCUT2D eigenvalue weighted by Gasteiger charge is -2.21. The summed E-state index contributed by atoms with van der Waals surface area (Å²) in [4.78, 5) is 23.6. The standard InChI is InChI=1S/C12H16N2O4/c1-14(8-3-2-4-9(15)7-8)12(18)10(13)5-6-11(16)17/h2-4,7,10,15H,5-6,13H2,1H3,(H,16,17). The summed E-state index contributed by atoms with van der Waals surface area (Å²) in [5.74, 6) is -1.33. The number of anilines is 1. The molecule has 0 aliphatic rings. The van der Waals surface area contributed by atoms with Gasteiger partial charge >= 0.3 is 5.97 Å². The van der Waals surface area contributed by atoms with E-state index in [4.69, 9.17) is 10.8 Å². The van der Waals surface area contributed by atoms with Crippen molar-refractivity contribution in [1.82, 2.24) is 0 Å². The molecule has 1 amide bonds. The van der Waals surface area contributed by atoms with Gasteiger partial charge in [-0.1, -0.05) is 6.07 Å². The monoisotopic (exact) mass is 252 g/mol. The molecule has 4 N–H and O–H groups in total. The van der Waals surface area contributed by atoms with Crippen LogP contribution in [0, 0.1) is 0 Å². The van der Waals surface area contributed by atoms with Gasteiger partial charge in [-0.3, -0.25) is 9.59 Å². The second-order valence-corrected chi connectivity index (χ2v) is 3.96. The number of phenols is 1. The van der Waals surface area contributed by atoms with E-state index in [1.54, 1.807) is 12.1 Å². The molecule has 1 rings (SSSR count). The van der Waals surface area contributed by atoms with Crippen molar-refractivity contribution in [3.05, 3.63) is 24.3 Å². The van der Waals surface area contributed by atoms with Crippen LogP contribution in [-0.4, -0.2) is 35.2 Å². The number of phenolic OH excluding ortho intramolecular Hbond substituents is 1. The maximum atomic E-state index is 11.9. The van der Waals surface area contributed by atoms with Gasteiger partial charge in [-0.05, 0) is 18.6 Å². The lowest BCUT2D eigenvalue weighted by molar-refractivity contribution is -0.137.